The first-order valence-electron chi connectivity index (χ1n) is 7.08. The quantitative estimate of drug-likeness (QED) is 0.726. The molecule has 3 heteroatoms. The van der Waals surface area contributed by atoms with Crippen LogP contribution in [0.4, 0.5) is 5.95 Å². The highest BCUT2D eigenvalue weighted by atomic mass is 15.0. The van der Waals surface area contributed by atoms with Crippen LogP contribution in [0.2, 0.25) is 0 Å². The molecule has 1 aromatic heterocycles. The van der Waals surface area contributed by atoms with Crippen molar-refractivity contribution in [3.05, 3.63) is 54.1 Å². The number of hydrogen-bond acceptors (Lipinski definition) is 3. The van der Waals surface area contributed by atoms with Crippen LogP contribution in [0.3, 0.4) is 0 Å². The first kappa shape index (κ1) is 13.6. The second-order valence-electron chi connectivity index (χ2n) is 6.27. The van der Waals surface area contributed by atoms with Gasteiger partial charge in [0.25, 0.3) is 0 Å². The summed E-state index contributed by atoms with van der Waals surface area (Å²) < 4.78 is 0. The van der Waals surface area contributed by atoms with E-state index in [0.29, 0.717) is 5.95 Å². The minimum Gasteiger partial charge on any atom is -0.368 e. The van der Waals surface area contributed by atoms with Crippen LogP contribution in [0.1, 0.15) is 26.3 Å². The molecule has 0 spiro atoms. The van der Waals surface area contributed by atoms with Gasteiger partial charge in [0, 0.05) is 10.9 Å². The third kappa shape index (κ3) is 2.59. The zero-order chi connectivity index (χ0) is 15.0. The average molecular weight is 277 g/mol. The Bertz CT molecular complexity index is 784. The topological polar surface area (TPSA) is 51.8 Å². The fraction of sp³-hybridized carbons (Fsp3) is 0.222. The maximum absolute atomic E-state index is 5.84. The van der Waals surface area contributed by atoms with Crippen LogP contribution in [-0.2, 0) is 5.41 Å². The molecule has 1 heterocycles. The number of nitrogen functional groups attached to an aromatic ring is 1. The molecule has 0 aliphatic carbocycles. The Morgan fingerprint density at radius 2 is 1.52 bits per heavy atom. The molecule has 21 heavy (non-hydrogen) atoms. The second-order valence-corrected chi connectivity index (χ2v) is 6.27. The molecular formula is C18H19N3. The SMILES string of the molecule is CC(C)(C)c1ccc(-c2nc(N)nc3ccccc23)cc1. The molecule has 3 rings (SSSR count). The first-order valence-corrected chi connectivity index (χ1v) is 7.08. The number of aromatic nitrogens is 2. The van der Waals surface area contributed by atoms with Crippen molar-refractivity contribution < 1.29 is 0 Å². The lowest BCUT2D eigenvalue weighted by Gasteiger charge is -2.19. The van der Waals surface area contributed by atoms with Crippen molar-refractivity contribution in [2.24, 2.45) is 0 Å². The van der Waals surface area contributed by atoms with Gasteiger partial charge in [-0.25, -0.2) is 9.97 Å². The third-order valence-corrected chi connectivity index (χ3v) is 3.64. The highest BCUT2D eigenvalue weighted by Crippen LogP contribution is 2.29. The van der Waals surface area contributed by atoms with E-state index in [0.717, 1.165) is 22.2 Å². The Labute approximate surface area is 124 Å². The zero-order valence-corrected chi connectivity index (χ0v) is 12.6. The Kier molecular flexibility index (Phi) is 3.13. The summed E-state index contributed by atoms with van der Waals surface area (Å²) in [5.41, 5.74) is 10.1. The van der Waals surface area contributed by atoms with E-state index < -0.39 is 0 Å². The monoisotopic (exact) mass is 277 g/mol. The second kappa shape index (κ2) is 4.85. The minimum absolute atomic E-state index is 0.144. The number of para-hydroxylation sites is 1. The molecule has 0 aliphatic heterocycles. The number of nitrogens with zero attached hydrogens (tertiary/aromatic N) is 2. The molecule has 0 bridgehead atoms. The molecular weight excluding hydrogens is 258 g/mol. The van der Waals surface area contributed by atoms with Gasteiger partial charge in [0.1, 0.15) is 0 Å². The van der Waals surface area contributed by atoms with Gasteiger partial charge in [-0.2, -0.15) is 0 Å². The van der Waals surface area contributed by atoms with Crippen LogP contribution in [0.15, 0.2) is 48.5 Å². The van der Waals surface area contributed by atoms with E-state index in [-0.39, 0.29) is 5.41 Å². The predicted molar refractivity (Wildman–Crippen MR) is 88.1 cm³/mol. The van der Waals surface area contributed by atoms with Crippen LogP contribution in [0, 0.1) is 0 Å². The van der Waals surface area contributed by atoms with Gasteiger partial charge >= 0.3 is 0 Å². The van der Waals surface area contributed by atoms with Crippen LogP contribution >= 0.6 is 0 Å². The summed E-state index contributed by atoms with van der Waals surface area (Å²) in [7, 11) is 0. The molecule has 0 unspecified atom stereocenters. The highest BCUT2D eigenvalue weighted by Gasteiger charge is 2.14. The Balaban J connectivity index is 2.16. The van der Waals surface area contributed by atoms with Crippen molar-refractivity contribution in [3.63, 3.8) is 0 Å². The summed E-state index contributed by atoms with van der Waals surface area (Å²) in [6.45, 7) is 6.63. The number of benzene rings is 2. The van der Waals surface area contributed by atoms with Crippen molar-refractivity contribution in [1.29, 1.82) is 0 Å². The molecule has 2 aromatic carbocycles. The van der Waals surface area contributed by atoms with E-state index >= 15 is 0 Å². The highest BCUT2D eigenvalue weighted by molar-refractivity contribution is 5.92. The van der Waals surface area contributed by atoms with Gasteiger partial charge in [-0.15, -0.1) is 0 Å². The number of hydrogen-bond donors (Lipinski definition) is 1. The van der Waals surface area contributed by atoms with Gasteiger partial charge < -0.3 is 5.73 Å². The molecule has 0 aliphatic rings. The van der Waals surface area contributed by atoms with Crippen LogP contribution in [0.5, 0.6) is 0 Å². The van der Waals surface area contributed by atoms with E-state index in [2.05, 4.69) is 55.0 Å². The lowest BCUT2D eigenvalue weighted by Crippen LogP contribution is -2.10. The Morgan fingerprint density at radius 1 is 0.857 bits per heavy atom. The van der Waals surface area contributed by atoms with E-state index in [1.807, 2.05) is 24.3 Å². The fourth-order valence-electron chi connectivity index (χ4n) is 2.44. The molecule has 0 saturated carbocycles. The fourth-order valence-corrected chi connectivity index (χ4v) is 2.44. The molecule has 0 saturated heterocycles. The third-order valence-electron chi connectivity index (χ3n) is 3.64. The summed E-state index contributed by atoms with van der Waals surface area (Å²) in [6.07, 6.45) is 0. The Hall–Kier alpha value is -2.42. The maximum atomic E-state index is 5.84. The van der Waals surface area contributed by atoms with Gasteiger partial charge in [0.2, 0.25) is 5.95 Å². The van der Waals surface area contributed by atoms with Gasteiger partial charge in [-0.05, 0) is 17.0 Å². The smallest absolute Gasteiger partial charge is 0.221 e. The summed E-state index contributed by atoms with van der Waals surface area (Å²) >= 11 is 0. The summed E-state index contributed by atoms with van der Waals surface area (Å²) in [5.74, 6) is 0.309. The molecule has 0 radical (unpaired) electrons. The largest absolute Gasteiger partial charge is 0.368 e. The van der Waals surface area contributed by atoms with Crippen LogP contribution in [-0.4, -0.2) is 9.97 Å². The van der Waals surface area contributed by atoms with Crippen molar-refractivity contribution in [3.8, 4) is 11.3 Å². The lowest BCUT2D eigenvalue weighted by molar-refractivity contribution is 0.590. The standard InChI is InChI=1S/C18H19N3/c1-18(2,3)13-10-8-12(9-11-13)16-14-6-4-5-7-15(14)20-17(19)21-16/h4-11H,1-3H3,(H2,19,20,21). The molecule has 3 aromatic rings. The average Bonchev–Trinajstić information content (AvgIpc) is 2.45. The van der Waals surface area contributed by atoms with E-state index in [1.165, 1.54) is 5.56 Å². The van der Waals surface area contributed by atoms with Gasteiger partial charge in [0.05, 0.1) is 11.2 Å². The summed E-state index contributed by atoms with van der Waals surface area (Å²) in [4.78, 5) is 8.72. The zero-order valence-electron chi connectivity index (χ0n) is 12.6. The first-order chi connectivity index (χ1) is 9.95. The van der Waals surface area contributed by atoms with E-state index in [4.69, 9.17) is 5.73 Å². The van der Waals surface area contributed by atoms with Gasteiger partial charge in [-0.1, -0.05) is 63.2 Å². The van der Waals surface area contributed by atoms with Gasteiger partial charge in [0.15, 0.2) is 0 Å². The minimum atomic E-state index is 0.144. The van der Waals surface area contributed by atoms with Crippen molar-refractivity contribution >= 4 is 16.9 Å². The maximum Gasteiger partial charge on any atom is 0.221 e. The molecule has 0 amide bonds. The van der Waals surface area contributed by atoms with E-state index in [1.54, 1.807) is 0 Å². The number of nitrogens with two attached hydrogens (primary N) is 1. The predicted octanol–water partition coefficient (Wildman–Crippen LogP) is 4.18. The van der Waals surface area contributed by atoms with Crippen molar-refractivity contribution in [1.82, 2.24) is 9.97 Å². The number of rotatable bonds is 1. The summed E-state index contributed by atoms with van der Waals surface area (Å²) in [5, 5.41) is 1.02. The molecule has 0 atom stereocenters. The molecule has 2 N–H and O–H groups in total. The van der Waals surface area contributed by atoms with Crippen LogP contribution in [0.25, 0.3) is 22.2 Å². The summed E-state index contributed by atoms with van der Waals surface area (Å²) in [6, 6.07) is 16.5. The normalized spacial score (nSPS) is 11.8. The van der Waals surface area contributed by atoms with Crippen molar-refractivity contribution in [2.45, 2.75) is 26.2 Å². The van der Waals surface area contributed by atoms with Crippen LogP contribution < -0.4 is 5.73 Å². The Morgan fingerprint density at radius 3 is 2.19 bits per heavy atom. The van der Waals surface area contributed by atoms with Gasteiger partial charge in [-0.3, -0.25) is 0 Å². The number of fused-ring (bicyclic) bond motifs is 1. The lowest BCUT2D eigenvalue weighted by atomic mass is 9.86. The molecule has 0 fully saturated rings. The van der Waals surface area contributed by atoms with E-state index in [9.17, 15) is 0 Å². The van der Waals surface area contributed by atoms with Crippen molar-refractivity contribution in [2.75, 3.05) is 5.73 Å². The number of anilines is 1. The molecule has 106 valence electrons. The molecule has 3 nitrogen and oxygen atoms in total.